The zero-order valence-electron chi connectivity index (χ0n) is 28.2. The van der Waals surface area contributed by atoms with Crippen LogP contribution < -0.4 is 15.3 Å². The molecule has 49 heavy (non-hydrogen) atoms. The average Bonchev–Trinajstić information content (AvgIpc) is 3.63. The van der Waals surface area contributed by atoms with Crippen LogP contribution in [0.2, 0.25) is 0 Å². The smallest absolute Gasteiger partial charge is 0.459 e. The standard InChI is InChI=1S/C33H42N5O10P/c1-7-17-43-32(41)22(6)37-49(42,48-23-11-9-8-10-12-23)44-19-33(18-34)29(46-31(40)21(4)5)28(45-30(39)20(2)3)27(47-33)26-14-13-25-24(35)15-16-36-38(25)26/h8-16,20-22,27-29H,7,17,19,35H2,1-6H3,(H,37,42)/t22-,27-,28-,29-,33+,49+/m0/s1. The summed E-state index contributed by atoms with van der Waals surface area (Å²) in [5.74, 6) is -3.24. The van der Waals surface area contributed by atoms with Gasteiger partial charge < -0.3 is 29.2 Å². The summed E-state index contributed by atoms with van der Waals surface area (Å²) in [6.45, 7) is 8.95. The normalized spacial score (nSPS) is 22.3. The number of ether oxygens (including phenoxy) is 4. The van der Waals surface area contributed by atoms with Crippen LogP contribution in [0.25, 0.3) is 5.52 Å². The maximum Gasteiger partial charge on any atom is 0.459 e. The van der Waals surface area contributed by atoms with Crippen molar-refractivity contribution in [2.75, 3.05) is 18.9 Å². The molecule has 15 nitrogen and oxygen atoms in total. The number of nitriles is 1. The Morgan fingerprint density at radius 1 is 1.04 bits per heavy atom. The zero-order chi connectivity index (χ0) is 35.9. The Labute approximate surface area is 284 Å². The highest BCUT2D eigenvalue weighted by atomic mass is 31.2. The number of esters is 3. The van der Waals surface area contributed by atoms with Crippen LogP contribution in [0.15, 0.2) is 54.7 Å². The van der Waals surface area contributed by atoms with Crippen molar-refractivity contribution in [1.29, 1.82) is 5.26 Å². The van der Waals surface area contributed by atoms with E-state index in [-0.39, 0.29) is 12.4 Å². The maximum atomic E-state index is 14.3. The van der Waals surface area contributed by atoms with Crippen molar-refractivity contribution in [1.82, 2.24) is 14.7 Å². The van der Waals surface area contributed by atoms with Crippen LogP contribution in [0, 0.1) is 23.2 Å². The third kappa shape index (κ3) is 8.58. The molecule has 0 spiro atoms. The molecule has 1 saturated heterocycles. The number of carbonyl (C=O) groups excluding carboxylic acids is 3. The van der Waals surface area contributed by atoms with Gasteiger partial charge in [-0.3, -0.25) is 18.9 Å². The van der Waals surface area contributed by atoms with Crippen LogP contribution in [0.1, 0.15) is 59.8 Å². The lowest BCUT2D eigenvalue weighted by Gasteiger charge is -2.31. The molecule has 1 aliphatic heterocycles. The average molecular weight is 700 g/mol. The molecule has 0 amide bonds. The van der Waals surface area contributed by atoms with Crippen molar-refractivity contribution in [2.24, 2.45) is 11.8 Å². The first-order chi connectivity index (χ1) is 23.2. The molecule has 3 N–H and O–H groups in total. The highest BCUT2D eigenvalue weighted by Gasteiger charge is 2.62. The number of hydrogen-bond acceptors (Lipinski definition) is 13. The largest absolute Gasteiger partial charge is 0.465 e. The van der Waals surface area contributed by atoms with E-state index in [4.69, 9.17) is 33.7 Å². The van der Waals surface area contributed by atoms with Gasteiger partial charge in [0.2, 0.25) is 5.60 Å². The van der Waals surface area contributed by atoms with Crippen molar-refractivity contribution in [2.45, 2.75) is 77.9 Å². The highest BCUT2D eigenvalue weighted by Crippen LogP contribution is 2.50. The number of hydrogen-bond donors (Lipinski definition) is 2. The number of nitrogens with zero attached hydrogens (tertiary/aromatic N) is 3. The first-order valence-corrected chi connectivity index (χ1v) is 17.4. The second-order valence-corrected chi connectivity index (χ2v) is 13.8. The number of aromatic nitrogens is 2. The van der Waals surface area contributed by atoms with E-state index >= 15 is 0 Å². The summed E-state index contributed by atoms with van der Waals surface area (Å²) >= 11 is 0. The molecule has 0 aliphatic carbocycles. The second-order valence-electron chi connectivity index (χ2n) is 12.1. The number of nitrogens with one attached hydrogen (secondary N) is 1. The summed E-state index contributed by atoms with van der Waals surface area (Å²) < 4.78 is 50.8. The predicted octanol–water partition coefficient (Wildman–Crippen LogP) is 4.52. The molecule has 1 aliphatic rings. The molecule has 0 radical (unpaired) electrons. The second kappa shape index (κ2) is 15.8. The first-order valence-electron chi connectivity index (χ1n) is 15.9. The summed E-state index contributed by atoms with van der Waals surface area (Å²) in [5, 5.41) is 17.7. The van der Waals surface area contributed by atoms with E-state index in [0.29, 0.717) is 23.3 Å². The molecular formula is C33H42N5O10P. The van der Waals surface area contributed by atoms with Crippen molar-refractivity contribution < 1.29 is 46.9 Å². The van der Waals surface area contributed by atoms with Gasteiger partial charge in [0, 0.05) is 6.20 Å². The minimum Gasteiger partial charge on any atom is -0.465 e. The molecular weight excluding hydrogens is 657 g/mol. The summed E-state index contributed by atoms with van der Waals surface area (Å²) in [5.41, 5.74) is 5.15. The molecule has 0 unspecified atom stereocenters. The van der Waals surface area contributed by atoms with Crippen LogP contribution in [-0.4, -0.2) is 64.6 Å². The van der Waals surface area contributed by atoms with Gasteiger partial charge in [0.05, 0.1) is 35.3 Å². The lowest BCUT2D eigenvalue weighted by molar-refractivity contribution is -0.173. The molecule has 6 atom stereocenters. The SMILES string of the molecule is CCCOC(=O)[C@H](C)N[P@@](=O)(OC[C@@]1(C#N)O[C@@H](c2ccc3c(N)ccnn23)[C@H](OC(=O)C(C)C)[C@@H]1OC(=O)C(C)C)Oc1ccccc1. The van der Waals surface area contributed by atoms with Gasteiger partial charge in [0.15, 0.2) is 12.2 Å². The number of fused-ring (bicyclic) bond motifs is 1. The Morgan fingerprint density at radius 3 is 2.35 bits per heavy atom. The topological polar surface area (TPSA) is 203 Å². The van der Waals surface area contributed by atoms with Gasteiger partial charge in [0.1, 0.15) is 30.6 Å². The lowest BCUT2D eigenvalue weighted by Crippen LogP contribution is -2.50. The minimum absolute atomic E-state index is 0.124. The van der Waals surface area contributed by atoms with Gasteiger partial charge in [-0.1, -0.05) is 52.8 Å². The summed E-state index contributed by atoms with van der Waals surface area (Å²) in [6.07, 6.45) is -2.22. The van der Waals surface area contributed by atoms with Crippen LogP contribution in [0.4, 0.5) is 5.69 Å². The van der Waals surface area contributed by atoms with Crippen molar-refractivity contribution in [3.05, 3.63) is 60.4 Å². The number of carbonyl (C=O) groups is 3. The monoisotopic (exact) mass is 699 g/mol. The fourth-order valence-corrected chi connectivity index (χ4v) is 6.37. The number of nitrogens with two attached hydrogens (primary N) is 1. The molecule has 0 saturated carbocycles. The molecule has 1 fully saturated rings. The van der Waals surface area contributed by atoms with E-state index in [1.54, 1.807) is 64.1 Å². The maximum absolute atomic E-state index is 14.3. The van der Waals surface area contributed by atoms with E-state index in [9.17, 15) is 24.2 Å². The Balaban J connectivity index is 1.79. The quantitative estimate of drug-likeness (QED) is 0.127. The van der Waals surface area contributed by atoms with Crippen molar-refractivity contribution in [3.63, 3.8) is 0 Å². The molecule has 3 heterocycles. The van der Waals surface area contributed by atoms with E-state index in [1.807, 2.05) is 13.0 Å². The Kier molecular flexibility index (Phi) is 12.1. The third-order valence-electron chi connectivity index (χ3n) is 7.50. The summed E-state index contributed by atoms with van der Waals surface area (Å²) in [7, 11) is -4.52. The van der Waals surface area contributed by atoms with E-state index < -0.39 is 74.1 Å². The minimum atomic E-state index is -4.52. The predicted molar refractivity (Wildman–Crippen MR) is 176 cm³/mol. The van der Waals surface area contributed by atoms with Gasteiger partial charge in [0.25, 0.3) is 0 Å². The van der Waals surface area contributed by atoms with Crippen LogP contribution in [0.3, 0.4) is 0 Å². The number of rotatable bonds is 15. The van der Waals surface area contributed by atoms with Gasteiger partial charge in [-0.2, -0.15) is 15.4 Å². The Bertz CT molecular complexity index is 1730. The van der Waals surface area contributed by atoms with Gasteiger partial charge in [-0.05, 0) is 43.7 Å². The molecule has 264 valence electrons. The fourth-order valence-electron chi connectivity index (χ4n) is 4.85. The van der Waals surface area contributed by atoms with E-state index in [0.717, 1.165) is 0 Å². The number of nitrogen functional groups attached to an aromatic ring is 1. The summed E-state index contributed by atoms with van der Waals surface area (Å²) in [4.78, 5) is 38.8. The van der Waals surface area contributed by atoms with Gasteiger partial charge in [-0.15, -0.1) is 0 Å². The third-order valence-corrected chi connectivity index (χ3v) is 9.12. The zero-order valence-corrected chi connectivity index (χ0v) is 29.1. The van der Waals surface area contributed by atoms with Crippen LogP contribution >= 0.6 is 7.75 Å². The fraction of sp³-hybridized carbons (Fsp3) is 0.485. The Hall–Kier alpha value is -4.48. The molecule has 3 aromatic rings. The summed E-state index contributed by atoms with van der Waals surface area (Å²) in [6, 6.07) is 13.8. The van der Waals surface area contributed by atoms with Crippen LogP contribution in [0.5, 0.6) is 5.75 Å². The Morgan fingerprint density at radius 2 is 1.71 bits per heavy atom. The van der Waals surface area contributed by atoms with Crippen molar-refractivity contribution >= 4 is 36.9 Å². The van der Waals surface area contributed by atoms with Crippen LogP contribution in [-0.2, 0) is 42.4 Å². The first kappa shape index (κ1) is 37.3. The molecule has 2 aromatic heterocycles. The van der Waals surface area contributed by atoms with Crippen molar-refractivity contribution in [3.8, 4) is 11.8 Å². The van der Waals surface area contributed by atoms with Gasteiger partial charge >= 0.3 is 25.7 Å². The number of anilines is 1. The number of para-hydroxylation sites is 1. The highest BCUT2D eigenvalue weighted by molar-refractivity contribution is 7.52. The molecule has 4 rings (SSSR count). The molecule has 1 aromatic carbocycles. The van der Waals surface area contributed by atoms with E-state index in [1.165, 1.54) is 29.8 Å². The van der Waals surface area contributed by atoms with E-state index in [2.05, 4.69) is 10.2 Å². The molecule has 0 bridgehead atoms. The molecule has 16 heteroatoms. The van der Waals surface area contributed by atoms with Gasteiger partial charge in [-0.25, -0.2) is 9.08 Å². The lowest BCUT2D eigenvalue weighted by atomic mass is 9.95. The number of benzene rings is 1.